The molecule has 110 valence electrons. The zero-order valence-electron chi connectivity index (χ0n) is 12.1. The summed E-state index contributed by atoms with van der Waals surface area (Å²) in [7, 11) is 0. The molecule has 0 amide bonds. The van der Waals surface area contributed by atoms with E-state index in [0.717, 1.165) is 25.7 Å². The third-order valence-electron chi connectivity index (χ3n) is 3.70. The van der Waals surface area contributed by atoms with Gasteiger partial charge in [0.05, 0.1) is 6.61 Å². The van der Waals surface area contributed by atoms with E-state index in [4.69, 9.17) is 4.74 Å². The molecule has 0 aromatic carbocycles. The lowest BCUT2D eigenvalue weighted by atomic mass is 10.0. The number of hydrogen-bond donors (Lipinski definition) is 0. The molecule has 1 aliphatic rings. The second kappa shape index (κ2) is 11.0. The van der Waals surface area contributed by atoms with Gasteiger partial charge in [-0.15, -0.1) is 0 Å². The van der Waals surface area contributed by atoms with Crippen molar-refractivity contribution in [2.24, 2.45) is 0 Å². The molecule has 3 heteroatoms. The number of rotatable bonds is 0. The molecular weight excluding hydrogens is 240 g/mol. The van der Waals surface area contributed by atoms with Gasteiger partial charge in [0.2, 0.25) is 0 Å². The summed E-state index contributed by atoms with van der Waals surface area (Å²) in [5.74, 6) is -0.302. The molecule has 19 heavy (non-hydrogen) atoms. The van der Waals surface area contributed by atoms with Gasteiger partial charge >= 0.3 is 5.97 Å². The number of cyclic esters (lactones) is 1. The Labute approximate surface area is 117 Å². The predicted octanol–water partition coefficient (Wildman–Crippen LogP) is 4.18. The van der Waals surface area contributed by atoms with E-state index in [2.05, 4.69) is 0 Å². The summed E-state index contributed by atoms with van der Waals surface area (Å²) in [6.07, 6.45) is 13.6. The summed E-state index contributed by atoms with van der Waals surface area (Å²) in [6.45, 7) is 0.478. The highest BCUT2D eigenvalue weighted by atomic mass is 16.5. The molecule has 0 aromatic rings. The van der Waals surface area contributed by atoms with Crippen LogP contribution in [-0.2, 0) is 14.3 Å². The number of Topliss-reactive ketones (excluding diaryl/α,β-unsaturated/α-hetero) is 1. The van der Waals surface area contributed by atoms with Crippen molar-refractivity contribution in [1.82, 2.24) is 0 Å². The van der Waals surface area contributed by atoms with Crippen LogP contribution >= 0.6 is 0 Å². The molecule has 3 nitrogen and oxygen atoms in total. The van der Waals surface area contributed by atoms with Crippen LogP contribution in [0, 0.1) is 0 Å². The maximum Gasteiger partial charge on any atom is 0.313 e. The Morgan fingerprint density at radius 3 is 1.68 bits per heavy atom. The standard InChI is InChI=1S/C16H28O3/c17-15-12-10-8-6-4-2-1-3-5-7-9-11-13-19-16(18)14-15/h1-14H2. The van der Waals surface area contributed by atoms with Gasteiger partial charge in [-0.05, 0) is 12.8 Å². The molecule has 0 aromatic heterocycles. The molecule has 1 rings (SSSR count). The molecule has 0 N–H and O–H groups in total. The summed E-state index contributed by atoms with van der Waals surface area (Å²) in [6, 6.07) is 0. The van der Waals surface area contributed by atoms with Gasteiger partial charge in [0.15, 0.2) is 0 Å². The molecule has 0 spiro atoms. The fourth-order valence-electron chi connectivity index (χ4n) is 2.50. The Balaban J connectivity index is 2.23. The van der Waals surface area contributed by atoms with E-state index in [-0.39, 0.29) is 18.2 Å². The number of ether oxygens (including phenoxy) is 1. The number of ketones is 1. The molecule has 1 fully saturated rings. The van der Waals surface area contributed by atoms with Gasteiger partial charge in [0.25, 0.3) is 0 Å². The van der Waals surface area contributed by atoms with Crippen LogP contribution in [0.4, 0.5) is 0 Å². The minimum Gasteiger partial charge on any atom is -0.465 e. The van der Waals surface area contributed by atoms with Gasteiger partial charge < -0.3 is 4.74 Å². The molecular formula is C16H28O3. The molecule has 1 heterocycles. The molecule has 1 aliphatic heterocycles. The van der Waals surface area contributed by atoms with Crippen LogP contribution in [-0.4, -0.2) is 18.4 Å². The molecule has 0 aliphatic carbocycles. The third kappa shape index (κ3) is 9.69. The van der Waals surface area contributed by atoms with E-state index in [1.54, 1.807) is 0 Å². The van der Waals surface area contributed by atoms with E-state index < -0.39 is 0 Å². The van der Waals surface area contributed by atoms with Crippen LogP contribution in [0.2, 0.25) is 0 Å². The highest BCUT2D eigenvalue weighted by Crippen LogP contribution is 2.13. The van der Waals surface area contributed by atoms with Crippen LogP contribution < -0.4 is 0 Å². The van der Waals surface area contributed by atoms with Crippen molar-refractivity contribution in [2.45, 2.75) is 83.5 Å². The molecule has 0 radical (unpaired) electrons. The number of carbonyl (C=O) groups is 2. The largest absolute Gasteiger partial charge is 0.465 e. The van der Waals surface area contributed by atoms with Crippen LogP contribution in [0.25, 0.3) is 0 Å². The summed E-state index contributed by atoms with van der Waals surface area (Å²) < 4.78 is 5.08. The molecule has 1 saturated heterocycles. The smallest absolute Gasteiger partial charge is 0.313 e. The van der Waals surface area contributed by atoms with Gasteiger partial charge in [-0.1, -0.05) is 57.8 Å². The quantitative estimate of drug-likeness (QED) is 0.489. The van der Waals surface area contributed by atoms with Gasteiger partial charge in [0, 0.05) is 6.42 Å². The van der Waals surface area contributed by atoms with E-state index in [0.29, 0.717) is 13.0 Å². The Morgan fingerprint density at radius 2 is 1.11 bits per heavy atom. The van der Waals surface area contributed by atoms with E-state index >= 15 is 0 Å². The summed E-state index contributed by atoms with van der Waals surface area (Å²) in [5, 5.41) is 0. The van der Waals surface area contributed by atoms with E-state index in [1.807, 2.05) is 0 Å². The maximum atomic E-state index is 11.5. The van der Waals surface area contributed by atoms with Crippen LogP contribution in [0.15, 0.2) is 0 Å². The fraction of sp³-hybridized carbons (Fsp3) is 0.875. The number of esters is 1. The highest BCUT2D eigenvalue weighted by Gasteiger charge is 2.10. The number of carbonyl (C=O) groups excluding carboxylic acids is 2. The maximum absolute atomic E-state index is 11.5. The average molecular weight is 268 g/mol. The van der Waals surface area contributed by atoms with Crippen molar-refractivity contribution in [3.05, 3.63) is 0 Å². The molecule has 0 saturated carbocycles. The van der Waals surface area contributed by atoms with Crippen LogP contribution in [0.1, 0.15) is 83.5 Å². The van der Waals surface area contributed by atoms with Crippen molar-refractivity contribution in [2.75, 3.05) is 6.61 Å². The second-order valence-corrected chi connectivity index (χ2v) is 5.58. The molecule has 0 bridgehead atoms. The lowest BCUT2D eigenvalue weighted by Gasteiger charge is -2.04. The van der Waals surface area contributed by atoms with Crippen molar-refractivity contribution in [1.29, 1.82) is 0 Å². The van der Waals surface area contributed by atoms with Gasteiger partial charge in [-0.3, -0.25) is 9.59 Å². The first kappa shape index (κ1) is 16.2. The van der Waals surface area contributed by atoms with Crippen molar-refractivity contribution in [3.8, 4) is 0 Å². The lowest BCUT2D eigenvalue weighted by molar-refractivity contribution is -0.146. The summed E-state index contributed by atoms with van der Waals surface area (Å²) in [5.41, 5.74) is 0. The van der Waals surface area contributed by atoms with Crippen molar-refractivity contribution < 1.29 is 14.3 Å². The Hall–Kier alpha value is -0.860. The minimum atomic E-state index is -0.339. The first-order chi connectivity index (χ1) is 9.29. The van der Waals surface area contributed by atoms with Gasteiger partial charge in [-0.25, -0.2) is 0 Å². The van der Waals surface area contributed by atoms with Gasteiger partial charge in [0.1, 0.15) is 12.2 Å². The Kier molecular flexibility index (Phi) is 9.38. The van der Waals surface area contributed by atoms with Crippen molar-refractivity contribution >= 4 is 11.8 Å². The average Bonchev–Trinajstić information content (AvgIpc) is 2.38. The first-order valence-corrected chi connectivity index (χ1v) is 7.96. The van der Waals surface area contributed by atoms with Crippen LogP contribution in [0.5, 0.6) is 0 Å². The zero-order valence-corrected chi connectivity index (χ0v) is 12.1. The normalized spacial score (nSPS) is 22.5. The lowest BCUT2D eigenvalue weighted by Crippen LogP contribution is -2.12. The topological polar surface area (TPSA) is 43.4 Å². The van der Waals surface area contributed by atoms with Crippen molar-refractivity contribution in [3.63, 3.8) is 0 Å². The van der Waals surface area contributed by atoms with E-state index in [9.17, 15) is 9.59 Å². The summed E-state index contributed by atoms with van der Waals surface area (Å²) in [4.78, 5) is 22.9. The zero-order chi connectivity index (χ0) is 13.8. The Bertz CT molecular complexity index is 235. The Morgan fingerprint density at radius 1 is 0.632 bits per heavy atom. The SMILES string of the molecule is O=C1CCCCCCCCCCCCCOC(=O)C1. The fourth-order valence-corrected chi connectivity index (χ4v) is 2.50. The second-order valence-electron chi connectivity index (χ2n) is 5.58. The monoisotopic (exact) mass is 268 g/mol. The summed E-state index contributed by atoms with van der Waals surface area (Å²) >= 11 is 0. The van der Waals surface area contributed by atoms with E-state index in [1.165, 1.54) is 44.9 Å². The van der Waals surface area contributed by atoms with Gasteiger partial charge in [-0.2, -0.15) is 0 Å². The minimum absolute atomic E-state index is 0.0278. The first-order valence-electron chi connectivity index (χ1n) is 7.96. The highest BCUT2D eigenvalue weighted by molar-refractivity contribution is 5.95. The predicted molar refractivity (Wildman–Crippen MR) is 76.0 cm³/mol. The molecule has 0 atom stereocenters. The third-order valence-corrected chi connectivity index (χ3v) is 3.70. The number of hydrogen-bond acceptors (Lipinski definition) is 3. The molecule has 0 unspecified atom stereocenters. The van der Waals surface area contributed by atoms with Crippen LogP contribution in [0.3, 0.4) is 0 Å².